The summed E-state index contributed by atoms with van der Waals surface area (Å²) in [7, 11) is 3.24. The lowest BCUT2D eigenvalue weighted by Crippen LogP contribution is -2.39. The minimum Gasteiger partial charge on any atom is -0.385 e. The summed E-state index contributed by atoms with van der Waals surface area (Å²) in [6.07, 6.45) is 1.79. The molecule has 0 spiro atoms. The number of likely N-dealkylation sites (N-methyl/N-ethyl adjacent to an activating group) is 1. The molecule has 0 saturated heterocycles. The fourth-order valence-electron chi connectivity index (χ4n) is 1.35. The van der Waals surface area contributed by atoms with Crippen LogP contribution in [-0.4, -0.2) is 56.6 Å². The van der Waals surface area contributed by atoms with Crippen LogP contribution in [0.15, 0.2) is 0 Å². The Morgan fingerprint density at radius 3 is 2.58 bits per heavy atom. The van der Waals surface area contributed by atoms with Crippen molar-refractivity contribution in [3.8, 4) is 0 Å². The molecule has 0 heterocycles. The number of nitrogens with one attached hydrogen (secondary N) is 1. The predicted octanol–water partition coefficient (Wildman–Crippen LogP) is 0.147. The number of hydrogen-bond donors (Lipinski definition) is 2. The second kappa shape index (κ2) is 12.2. The summed E-state index contributed by atoms with van der Waals surface area (Å²) in [6, 6.07) is 0.00483. The van der Waals surface area contributed by atoms with Crippen molar-refractivity contribution in [3.05, 3.63) is 0 Å². The van der Waals surface area contributed by atoms with E-state index in [0.29, 0.717) is 26.0 Å². The highest BCUT2D eigenvalue weighted by molar-refractivity contribution is 5.85. The van der Waals surface area contributed by atoms with Crippen LogP contribution in [0.5, 0.6) is 0 Å². The van der Waals surface area contributed by atoms with Gasteiger partial charge in [-0.1, -0.05) is 0 Å². The molecular weight excluding hydrogens is 270 g/mol. The van der Waals surface area contributed by atoms with Gasteiger partial charge >= 0.3 is 0 Å². The average Bonchev–Trinajstić information content (AvgIpc) is 2.31. The predicted molar refractivity (Wildman–Crippen MR) is 77.3 cm³/mol. The van der Waals surface area contributed by atoms with Crippen LogP contribution < -0.4 is 11.1 Å². The molecule has 19 heavy (non-hydrogen) atoms. The summed E-state index contributed by atoms with van der Waals surface area (Å²) >= 11 is 0. The molecule has 3 N–H and O–H groups in total. The Morgan fingerprint density at radius 1 is 1.42 bits per heavy atom. The zero-order chi connectivity index (χ0) is 14.0. The maximum Gasteiger partial charge on any atom is 0.239 e. The van der Waals surface area contributed by atoms with Crippen molar-refractivity contribution in [2.45, 2.75) is 32.2 Å². The van der Waals surface area contributed by atoms with Crippen molar-refractivity contribution in [2.75, 3.05) is 33.9 Å². The van der Waals surface area contributed by atoms with Crippen molar-refractivity contribution in [1.29, 1.82) is 0 Å². The smallest absolute Gasteiger partial charge is 0.239 e. The lowest BCUT2D eigenvalue weighted by atomic mass is 10.2. The minimum absolute atomic E-state index is 0. The zero-order valence-electron chi connectivity index (χ0n) is 12.0. The Balaban J connectivity index is 0. The molecule has 7 heteroatoms. The van der Waals surface area contributed by atoms with Crippen LogP contribution in [-0.2, 0) is 14.3 Å². The largest absolute Gasteiger partial charge is 0.385 e. The quantitative estimate of drug-likeness (QED) is 0.593. The number of amides is 2. The lowest BCUT2D eigenvalue weighted by Gasteiger charge is -2.17. The van der Waals surface area contributed by atoms with Gasteiger partial charge in [0.25, 0.3) is 0 Å². The first-order valence-electron chi connectivity index (χ1n) is 6.22. The highest BCUT2D eigenvalue weighted by atomic mass is 35.5. The maximum absolute atomic E-state index is 11.6. The summed E-state index contributed by atoms with van der Waals surface area (Å²) in [5, 5.41) is 2.73. The van der Waals surface area contributed by atoms with Crippen molar-refractivity contribution in [1.82, 2.24) is 10.2 Å². The van der Waals surface area contributed by atoms with Gasteiger partial charge in [-0.15, -0.1) is 12.4 Å². The van der Waals surface area contributed by atoms with Gasteiger partial charge in [0.2, 0.25) is 11.8 Å². The number of nitrogens with two attached hydrogens (primary N) is 1. The van der Waals surface area contributed by atoms with E-state index >= 15 is 0 Å². The third kappa shape index (κ3) is 11.9. The van der Waals surface area contributed by atoms with Crippen molar-refractivity contribution in [2.24, 2.45) is 5.73 Å². The molecule has 0 saturated carbocycles. The van der Waals surface area contributed by atoms with Crippen molar-refractivity contribution in [3.63, 3.8) is 0 Å². The Bertz CT molecular complexity index is 263. The number of halogens is 1. The van der Waals surface area contributed by atoms with E-state index in [1.54, 1.807) is 14.2 Å². The van der Waals surface area contributed by atoms with E-state index in [-0.39, 0.29) is 36.8 Å². The summed E-state index contributed by atoms with van der Waals surface area (Å²) in [5.41, 5.74) is 5.57. The van der Waals surface area contributed by atoms with Crippen LogP contribution >= 0.6 is 12.4 Å². The fourth-order valence-corrected chi connectivity index (χ4v) is 1.35. The average molecular weight is 296 g/mol. The van der Waals surface area contributed by atoms with E-state index in [1.807, 2.05) is 6.92 Å². The van der Waals surface area contributed by atoms with Crippen molar-refractivity contribution >= 4 is 24.2 Å². The standard InChI is InChI=1S/C12H25N3O3.ClH/c1-10(13)5-6-12(17)15(2)9-11(16)14-7-4-8-18-3;/h10H,4-9,13H2,1-3H3,(H,14,16);1H. The first-order chi connectivity index (χ1) is 8.47. The van der Waals surface area contributed by atoms with Crippen LogP contribution in [0.2, 0.25) is 0 Å². The number of ether oxygens (including phenoxy) is 1. The number of hydrogen-bond acceptors (Lipinski definition) is 4. The van der Waals surface area contributed by atoms with Gasteiger partial charge in [-0.25, -0.2) is 0 Å². The molecule has 1 unspecified atom stereocenters. The summed E-state index contributed by atoms with van der Waals surface area (Å²) in [5.74, 6) is -0.206. The lowest BCUT2D eigenvalue weighted by molar-refractivity contribution is -0.134. The molecule has 0 aromatic heterocycles. The minimum atomic E-state index is -0.150. The number of carbonyl (C=O) groups is 2. The monoisotopic (exact) mass is 295 g/mol. The van der Waals surface area contributed by atoms with Crippen molar-refractivity contribution < 1.29 is 14.3 Å². The molecule has 2 amide bonds. The number of rotatable bonds is 9. The van der Waals surface area contributed by atoms with Crippen LogP contribution in [0.25, 0.3) is 0 Å². The summed E-state index contributed by atoms with van der Waals surface area (Å²) in [4.78, 5) is 24.5. The molecule has 0 bridgehead atoms. The topological polar surface area (TPSA) is 84.7 Å². The van der Waals surface area contributed by atoms with Crippen LogP contribution in [0.4, 0.5) is 0 Å². The molecule has 0 fully saturated rings. The van der Waals surface area contributed by atoms with E-state index in [1.165, 1.54) is 4.90 Å². The van der Waals surface area contributed by atoms with Gasteiger partial charge in [-0.2, -0.15) is 0 Å². The van der Waals surface area contributed by atoms with Crippen LogP contribution in [0.1, 0.15) is 26.2 Å². The van der Waals surface area contributed by atoms with E-state index < -0.39 is 0 Å². The maximum atomic E-state index is 11.6. The van der Waals surface area contributed by atoms with Gasteiger partial charge in [0.15, 0.2) is 0 Å². The summed E-state index contributed by atoms with van der Waals surface area (Å²) in [6.45, 7) is 3.12. The van der Waals surface area contributed by atoms with Gasteiger partial charge in [0.05, 0.1) is 6.54 Å². The number of nitrogens with zero attached hydrogens (tertiary/aromatic N) is 1. The third-order valence-electron chi connectivity index (χ3n) is 2.47. The second-order valence-electron chi connectivity index (χ2n) is 4.46. The number of carbonyl (C=O) groups excluding carboxylic acids is 2. The molecule has 0 aliphatic rings. The van der Waals surface area contributed by atoms with Gasteiger partial charge in [0, 0.05) is 39.8 Å². The first kappa shape index (κ1) is 20.5. The molecule has 6 nitrogen and oxygen atoms in total. The molecule has 0 radical (unpaired) electrons. The van der Waals surface area contributed by atoms with Gasteiger partial charge < -0.3 is 20.7 Å². The first-order valence-corrected chi connectivity index (χ1v) is 6.22. The molecule has 0 aromatic rings. The Morgan fingerprint density at radius 2 is 2.05 bits per heavy atom. The van der Waals surface area contributed by atoms with E-state index in [2.05, 4.69) is 5.32 Å². The highest BCUT2D eigenvalue weighted by Gasteiger charge is 2.12. The van der Waals surface area contributed by atoms with E-state index in [9.17, 15) is 9.59 Å². The van der Waals surface area contributed by atoms with Crippen LogP contribution in [0, 0.1) is 0 Å². The Labute approximate surface area is 121 Å². The molecule has 0 aliphatic carbocycles. The number of methoxy groups -OCH3 is 1. The SMILES string of the molecule is COCCCNC(=O)CN(C)C(=O)CCC(C)N.Cl. The van der Waals surface area contributed by atoms with Gasteiger partial charge in [0.1, 0.15) is 0 Å². The van der Waals surface area contributed by atoms with Gasteiger partial charge in [-0.05, 0) is 19.8 Å². The summed E-state index contributed by atoms with van der Waals surface area (Å²) < 4.78 is 4.87. The van der Waals surface area contributed by atoms with Gasteiger partial charge in [-0.3, -0.25) is 9.59 Å². The zero-order valence-corrected chi connectivity index (χ0v) is 12.8. The van der Waals surface area contributed by atoms with Crippen LogP contribution in [0.3, 0.4) is 0 Å². The van der Waals surface area contributed by atoms with E-state index in [0.717, 1.165) is 6.42 Å². The van der Waals surface area contributed by atoms with E-state index in [4.69, 9.17) is 10.5 Å². The molecule has 0 aliphatic heterocycles. The second-order valence-corrected chi connectivity index (χ2v) is 4.46. The molecular formula is C12H26ClN3O3. The molecule has 0 rings (SSSR count). The third-order valence-corrected chi connectivity index (χ3v) is 2.47. The highest BCUT2D eigenvalue weighted by Crippen LogP contribution is 1.98. The Hall–Kier alpha value is -0.850. The molecule has 0 aromatic carbocycles. The molecule has 1 atom stereocenters. The molecule has 114 valence electrons. The Kier molecular flexibility index (Phi) is 13.1. The normalized spacial score (nSPS) is 11.4. The fraction of sp³-hybridized carbons (Fsp3) is 0.833.